The van der Waals surface area contributed by atoms with Gasteiger partial charge in [0.15, 0.2) is 11.5 Å². The fourth-order valence-corrected chi connectivity index (χ4v) is 3.31. The first-order valence-corrected chi connectivity index (χ1v) is 8.37. The summed E-state index contributed by atoms with van der Waals surface area (Å²) in [6.07, 6.45) is 3.79. The molecule has 0 spiro atoms. The van der Waals surface area contributed by atoms with Crippen molar-refractivity contribution in [3.8, 4) is 17.3 Å². The first-order valence-electron chi connectivity index (χ1n) is 7.99. The fraction of sp³-hybridized carbons (Fsp3) is 0.375. The summed E-state index contributed by atoms with van der Waals surface area (Å²) in [5.74, 6) is 0.275. The Kier molecular flexibility index (Phi) is 5.01. The Hall–Kier alpha value is -2.03. The highest BCUT2D eigenvalue weighted by atomic mass is 35.5. The molecule has 3 aromatic rings. The maximum atomic E-state index is 13.3. The molecule has 0 bridgehead atoms. The van der Waals surface area contributed by atoms with Crippen LogP contribution >= 0.6 is 24.0 Å². The molecule has 2 aromatic heterocycles. The summed E-state index contributed by atoms with van der Waals surface area (Å²) in [5, 5.41) is 12.3. The van der Waals surface area contributed by atoms with Crippen LogP contribution in [0.15, 0.2) is 22.7 Å². The van der Waals surface area contributed by atoms with Gasteiger partial charge in [-0.05, 0) is 38.0 Å². The lowest BCUT2D eigenvalue weighted by molar-refractivity contribution is 0.372. The average molecular weight is 399 g/mol. The van der Waals surface area contributed by atoms with Crippen LogP contribution in [0.3, 0.4) is 0 Å². The number of hydrogen-bond acceptors (Lipinski definition) is 6. The van der Waals surface area contributed by atoms with Gasteiger partial charge in [0.2, 0.25) is 0 Å². The first kappa shape index (κ1) is 18.8. The Labute approximate surface area is 160 Å². The summed E-state index contributed by atoms with van der Waals surface area (Å²) < 4.78 is 20.2. The monoisotopic (exact) mass is 398 g/mol. The number of rotatable bonds is 3. The molecule has 1 saturated carbocycles. The molecule has 1 aliphatic carbocycles. The van der Waals surface area contributed by atoms with Gasteiger partial charge in [-0.2, -0.15) is 4.98 Å². The van der Waals surface area contributed by atoms with Crippen LogP contribution in [-0.2, 0) is 5.54 Å². The number of halogens is 3. The highest BCUT2D eigenvalue weighted by Crippen LogP contribution is 2.35. The quantitative estimate of drug-likeness (QED) is 0.724. The summed E-state index contributed by atoms with van der Waals surface area (Å²) in [6, 6.07) is 4.33. The van der Waals surface area contributed by atoms with Gasteiger partial charge in [0.05, 0.1) is 21.9 Å². The molecule has 10 heteroatoms. The molecule has 2 N–H and O–H groups in total. The molecule has 1 aromatic carbocycles. The van der Waals surface area contributed by atoms with Crippen LogP contribution in [0.4, 0.5) is 4.39 Å². The SMILES string of the molecule is Cc1c(-c2nc(C3(N)CCCC3)no2)nnn1-c1ccc(F)c(Cl)c1.Cl. The van der Waals surface area contributed by atoms with E-state index in [2.05, 4.69) is 20.5 Å². The highest BCUT2D eigenvalue weighted by molar-refractivity contribution is 6.30. The van der Waals surface area contributed by atoms with E-state index in [0.29, 0.717) is 22.9 Å². The molecule has 1 aliphatic rings. The van der Waals surface area contributed by atoms with Crippen LogP contribution in [0, 0.1) is 12.7 Å². The molecular weight excluding hydrogens is 382 g/mol. The maximum absolute atomic E-state index is 13.3. The third-order valence-corrected chi connectivity index (χ3v) is 4.90. The van der Waals surface area contributed by atoms with Gasteiger partial charge in [0.25, 0.3) is 5.89 Å². The van der Waals surface area contributed by atoms with E-state index in [1.54, 1.807) is 6.07 Å². The van der Waals surface area contributed by atoms with E-state index in [1.807, 2.05) is 6.92 Å². The zero-order valence-electron chi connectivity index (χ0n) is 13.9. The summed E-state index contributed by atoms with van der Waals surface area (Å²) in [7, 11) is 0. The third kappa shape index (κ3) is 3.08. The molecular formula is C16H17Cl2FN6O. The van der Waals surface area contributed by atoms with Crippen molar-refractivity contribution in [2.45, 2.75) is 38.1 Å². The molecule has 0 saturated heterocycles. The fourth-order valence-electron chi connectivity index (χ4n) is 3.14. The second kappa shape index (κ2) is 6.94. The zero-order valence-corrected chi connectivity index (χ0v) is 15.5. The zero-order chi connectivity index (χ0) is 17.6. The normalized spacial score (nSPS) is 15.8. The molecule has 1 fully saturated rings. The summed E-state index contributed by atoms with van der Waals surface area (Å²) in [6.45, 7) is 1.81. The van der Waals surface area contributed by atoms with Crippen LogP contribution in [0.25, 0.3) is 17.3 Å². The summed E-state index contributed by atoms with van der Waals surface area (Å²) >= 11 is 5.84. The molecule has 138 valence electrons. The highest BCUT2D eigenvalue weighted by Gasteiger charge is 2.36. The van der Waals surface area contributed by atoms with Gasteiger partial charge < -0.3 is 10.3 Å². The van der Waals surface area contributed by atoms with Crippen molar-refractivity contribution in [3.63, 3.8) is 0 Å². The second-order valence-corrected chi connectivity index (χ2v) is 6.73. The minimum absolute atomic E-state index is 0. The Bertz CT molecular complexity index is 935. The van der Waals surface area contributed by atoms with E-state index in [4.69, 9.17) is 21.9 Å². The van der Waals surface area contributed by atoms with Crippen molar-refractivity contribution < 1.29 is 8.91 Å². The number of nitrogens with zero attached hydrogens (tertiary/aromatic N) is 5. The number of nitrogens with two attached hydrogens (primary N) is 1. The molecule has 0 atom stereocenters. The van der Waals surface area contributed by atoms with Crippen molar-refractivity contribution in [1.82, 2.24) is 25.1 Å². The number of benzene rings is 1. The summed E-state index contributed by atoms with van der Waals surface area (Å²) in [5.41, 5.74) is 7.56. The van der Waals surface area contributed by atoms with Crippen LogP contribution in [0.5, 0.6) is 0 Å². The molecule has 0 amide bonds. The molecule has 4 rings (SSSR count). The lowest BCUT2D eigenvalue weighted by Crippen LogP contribution is -2.34. The van der Waals surface area contributed by atoms with Crippen LogP contribution in [0.2, 0.25) is 5.02 Å². The van der Waals surface area contributed by atoms with Gasteiger partial charge in [-0.1, -0.05) is 34.8 Å². The molecule has 0 radical (unpaired) electrons. The average Bonchev–Trinajstić information content (AvgIpc) is 3.30. The lowest BCUT2D eigenvalue weighted by Gasteiger charge is -2.17. The predicted molar refractivity (Wildman–Crippen MR) is 95.9 cm³/mol. The lowest BCUT2D eigenvalue weighted by atomic mass is 9.99. The van der Waals surface area contributed by atoms with Crippen molar-refractivity contribution in [2.75, 3.05) is 0 Å². The van der Waals surface area contributed by atoms with Crippen molar-refractivity contribution >= 4 is 24.0 Å². The topological polar surface area (TPSA) is 95.7 Å². The Morgan fingerprint density at radius 1 is 1.31 bits per heavy atom. The minimum Gasteiger partial charge on any atom is -0.332 e. The smallest absolute Gasteiger partial charge is 0.280 e. The molecule has 26 heavy (non-hydrogen) atoms. The van der Waals surface area contributed by atoms with E-state index in [-0.39, 0.29) is 23.3 Å². The van der Waals surface area contributed by atoms with Crippen molar-refractivity contribution in [3.05, 3.63) is 40.6 Å². The van der Waals surface area contributed by atoms with Gasteiger partial charge in [-0.25, -0.2) is 9.07 Å². The van der Waals surface area contributed by atoms with Crippen LogP contribution < -0.4 is 5.73 Å². The van der Waals surface area contributed by atoms with E-state index in [0.717, 1.165) is 25.7 Å². The second-order valence-electron chi connectivity index (χ2n) is 6.32. The van der Waals surface area contributed by atoms with Gasteiger partial charge in [-0.3, -0.25) is 0 Å². The third-order valence-electron chi connectivity index (χ3n) is 4.61. The van der Waals surface area contributed by atoms with Gasteiger partial charge in [-0.15, -0.1) is 17.5 Å². The van der Waals surface area contributed by atoms with E-state index >= 15 is 0 Å². The number of hydrogen-bond donors (Lipinski definition) is 1. The van der Waals surface area contributed by atoms with Crippen molar-refractivity contribution in [2.24, 2.45) is 5.73 Å². The standard InChI is InChI=1S/C16H16ClFN6O.ClH/c1-9-13(14-20-15(22-25-14)16(19)6-2-3-7-16)21-23-24(9)10-4-5-12(18)11(17)8-10;/h4-5,8H,2-3,6-7,19H2,1H3;1H. The van der Waals surface area contributed by atoms with Gasteiger partial charge in [0.1, 0.15) is 5.82 Å². The van der Waals surface area contributed by atoms with E-state index < -0.39 is 11.4 Å². The van der Waals surface area contributed by atoms with Crippen LogP contribution in [-0.4, -0.2) is 25.1 Å². The molecule has 0 aliphatic heterocycles. The van der Waals surface area contributed by atoms with Gasteiger partial charge >= 0.3 is 0 Å². The Balaban J connectivity index is 0.00000196. The van der Waals surface area contributed by atoms with E-state index in [1.165, 1.54) is 16.8 Å². The van der Waals surface area contributed by atoms with Crippen LogP contribution in [0.1, 0.15) is 37.2 Å². The first-order chi connectivity index (χ1) is 12.0. The molecule has 2 heterocycles. The maximum Gasteiger partial charge on any atom is 0.280 e. The summed E-state index contributed by atoms with van der Waals surface area (Å²) in [4.78, 5) is 4.43. The van der Waals surface area contributed by atoms with Gasteiger partial charge in [0, 0.05) is 0 Å². The number of aromatic nitrogens is 5. The Morgan fingerprint density at radius 3 is 2.73 bits per heavy atom. The van der Waals surface area contributed by atoms with Crippen molar-refractivity contribution in [1.29, 1.82) is 0 Å². The molecule has 0 unspecified atom stereocenters. The predicted octanol–water partition coefficient (Wildman–Crippen LogP) is 3.57. The Morgan fingerprint density at radius 2 is 2.04 bits per heavy atom. The molecule has 7 nitrogen and oxygen atoms in total. The minimum atomic E-state index is -0.532. The van der Waals surface area contributed by atoms with E-state index in [9.17, 15) is 4.39 Å². The largest absolute Gasteiger partial charge is 0.332 e.